The standard InChI is InChI=1S/C68H118O6/c1-4-7-10-13-16-19-22-25-27-29-30-31-32-33-34-35-36-37-39-40-43-46-49-52-55-58-61-67(70)73-64-65(63-72-66(69)60-57-54-51-48-45-42-24-21-18-15-12-9-6-3)74-68(71)62-59-56-53-50-47-44-41-38-28-26-23-20-17-14-11-8-5-2/h8-9,11-12,17-18,20-21,26,28,41-42,44-45,65H,4-7,10,13-16,19,22-25,27,29-40,43,46-64H2,1-3H3/b11-8-,12-9-,20-17-,21-18-,28-26-,44-41-,45-42-. The molecule has 0 aliphatic rings. The predicted molar refractivity (Wildman–Crippen MR) is 321 cm³/mol. The Kier molecular flexibility index (Phi) is 59.3. The maximum absolute atomic E-state index is 12.9. The van der Waals surface area contributed by atoms with Crippen LogP contribution in [0.15, 0.2) is 85.1 Å². The van der Waals surface area contributed by atoms with Crippen LogP contribution < -0.4 is 0 Å². The predicted octanol–water partition coefficient (Wildman–Crippen LogP) is 21.5. The molecule has 0 radical (unpaired) electrons. The molecule has 0 fully saturated rings. The molecule has 0 aromatic carbocycles. The van der Waals surface area contributed by atoms with Crippen LogP contribution >= 0.6 is 0 Å². The third-order valence-electron chi connectivity index (χ3n) is 13.6. The summed E-state index contributed by atoms with van der Waals surface area (Å²) >= 11 is 0. The second kappa shape index (κ2) is 62.1. The van der Waals surface area contributed by atoms with Gasteiger partial charge in [-0.1, -0.05) is 286 Å². The Labute approximate surface area is 458 Å². The van der Waals surface area contributed by atoms with Gasteiger partial charge in [-0.25, -0.2) is 0 Å². The summed E-state index contributed by atoms with van der Waals surface area (Å²) < 4.78 is 16.9. The summed E-state index contributed by atoms with van der Waals surface area (Å²) in [5, 5.41) is 0. The van der Waals surface area contributed by atoms with Gasteiger partial charge in [0.05, 0.1) is 0 Å². The molecule has 0 amide bonds. The minimum absolute atomic E-state index is 0.0941. The lowest BCUT2D eigenvalue weighted by Gasteiger charge is -2.18. The van der Waals surface area contributed by atoms with E-state index in [-0.39, 0.29) is 31.1 Å². The molecule has 6 nitrogen and oxygen atoms in total. The molecule has 0 N–H and O–H groups in total. The van der Waals surface area contributed by atoms with Crippen molar-refractivity contribution in [1.82, 2.24) is 0 Å². The van der Waals surface area contributed by atoms with Crippen LogP contribution in [0.2, 0.25) is 0 Å². The molecule has 1 atom stereocenters. The molecular weight excluding hydrogens is 913 g/mol. The Morgan fingerprint density at radius 3 is 0.838 bits per heavy atom. The Hall–Kier alpha value is -3.41. The smallest absolute Gasteiger partial charge is 0.306 e. The van der Waals surface area contributed by atoms with Gasteiger partial charge in [-0.15, -0.1) is 0 Å². The SMILES string of the molecule is CC/C=C\C/C=C\C/C=C\C/C=C\CCCCCCC(=O)OC(COC(=O)CCCCC/C=C\C/C=C\C/C=C\CC)COC(=O)CCCCCCCCCCCCCCCCCCCCCCCCCCCC. The van der Waals surface area contributed by atoms with E-state index in [0.717, 1.165) is 122 Å². The van der Waals surface area contributed by atoms with Crippen LogP contribution in [0.4, 0.5) is 0 Å². The second-order valence-electron chi connectivity index (χ2n) is 20.9. The van der Waals surface area contributed by atoms with Crippen molar-refractivity contribution in [2.45, 2.75) is 316 Å². The van der Waals surface area contributed by atoms with Gasteiger partial charge < -0.3 is 14.2 Å². The summed E-state index contributed by atoms with van der Waals surface area (Å²) in [6.07, 6.45) is 81.8. The van der Waals surface area contributed by atoms with E-state index in [2.05, 4.69) is 106 Å². The first-order chi connectivity index (χ1) is 36.5. The van der Waals surface area contributed by atoms with E-state index in [1.165, 1.54) is 148 Å². The lowest BCUT2D eigenvalue weighted by Crippen LogP contribution is -2.30. The van der Waals surface area contributed by atoms with E-state index in [9.17, 15) is 14.4 Å². The minimum atomic E-state index is -0.802. The van der Waals surface area contributed by atoms with E-state index in [1.807, 2.05) is 0 Å². The number of hydrogen-bond acceptors (Lipinski definition) is 6. The Morgan fingerprint density at radius 1 is 0.284 bits per heavy atom. The zero-order valence-corrected chi connectivity index (χ0v) is 48.8. The molecule has 74 heavy (non-hydrogen) atoms. The summed E-state index contributed by atoms with van der Waals surface area (Å²) in [5.74, 6) is -0.938. The van der Waals surface area contributed by atoms with E-state index >= 15 is 0 Å². The summed E-state index contributed by atoms with van der Waals surface area (Å²) in [5.41, 5.74) is 0. The van der Waals surface area contributed by atoms with Crippen molar-refractivity contribution in [2.24, 2.45) is 0 Å². The molecule has 0 heterocycles. The first kappa shape index (κ1) is 70.6. The van der Waals surface area contributed by atoms with Crippen molar-refractivity contribution in [3.8, 4) is 0 Å². The van der Waals surface area contributed by atoms with E-state index in [4.69, 9.17) is 14.2 Å². The van der Waals surface area contributed by atoms with Gasteiger partial charge in [-0.3, -0.25) is 14.4 Å². The quantitative estimate of drug-likeness (QED) is 0.0261. The van der Waals surface area contributed by atoms with Gasteiger partial charge in [0.25, 0.3) is 0 Å². The molecule has 0 aromatic rings. The van der Waals surface area contributed by atoms with Crippen molar-refractivity contribution in [3.63, 3.8) is 0 Å². The average molecular weight is 1030 g/mol. The van der Waals surface area contributed by atoms with Crippen LogP contribution in [0, 0.1) is 0 Å². The molecule has 0 saturated carbocycles. The molecular formula is C68H118O6. The molecule has 0 saturated heterocycles. The Morgan fingerprint density at radius 2 is 0.527 bits per heavy atom. The normalized spacial score (nSPS) is 12.6. The molecule has 426 valence electrons. The van der Waals surface area contributed by atoms with E-state index in [1.54, 1.807) is 0 Å². The van der Waals surface area contributed by atoms with Gasteiger partial charge in [0.2, 0.25) is 0 Å². The number of rotatable bonds is 57. The third-order valence-corrected chi connectivity index (χ3v) is 13.6. The van der Waals surface area contributed by atoms with Gasteiger partial charge in [0, 0.05) is 19.3 Å². The molecule has 0 rings (SSSR count). The first-order valence-corrected chi connectivity index (χ1v) is 31.6. The van der Waals surface area contributed by atoms with Gasteiger partial charge >= 0.3 is 17.9 Å². The Bertz CT molecular complexity index is 1420. The molecule has 6 heteroatoms. The molecule has 0 bridgehead atoms. The lowest BCUT2D eigenvalue weighted by molar-refractivity contribution is -0.167. The maximum Gasteiger partial charge on any atom is 0.306 e. The van der Waals surface area contributed by atoms with E-state index < -0.39 is 6.10 Å². The highest BCUT2D eigenvalue weighted by molar-refractivity contribution is 5.71. The van der Waals surface area contributed by atoms with Crippen molar-refractivity contribution >= 4 is 17.9 Å². The maximum atomic E-state index is 12.9. The number of carbonyl (C=O) groups excluding carboxylic acids is 3. The van der Waals surface area contributed by atoms with E-state index in [0.29, 0.717) is 19.3 Å². The first-order valence-electron chi connectivity index (χ1n) is 31.6. The number of esters is 3. The highest BCUT2D eigenvalue weighted by Crippen LogP contribution is 2.17. The molecule has 1 unspecified atom stereocenters. The fourth-order valence-electron chi connectivity index (χ4n) is 8.98. The minimum Gasteiger partial charge on any atom is -0.462 e. The van der Waals surface area contributed by atoms with Crippen LogP contribution in [0.3, 0.4) is 0 Å². The molecule has 0 aliphatic heterocycles. The fourth-order valence-corrected chi connectivity index (χ4v) is 8.98. The largest absolute Gasteiger partial charge is 0.462 e. The van der Waals surface area contributed by atoms with Crippen LogP contribution in [0.1, 0.15) is 310 Å². The van der Waals surface area contributed by atoms with Gasteiger partial charge in [0.15, 0.2) is 6.10 Å². The fraction of sp³-hybridized carbons (Fsp3) is 0.750. The molecule has 0 spiro atoms. The number of unbranched alkanes of at least 4 members (excludes halogenated alkanes) is 32. The van der Waals surface area contributed by atoms with Crippen LogP contribution in [0.5, 0.6) is 0 Å². The monoisotopic (exact) mass is 1030 g/mol. The summed E-state index contributed by atoms with van der Waals surface area (Å²) in [6.45, 7) is 6.40. The zero-order chi connectivity index (χ0) is 53.6. The topological polar surface area (TPSA) is 78.9 Å². The van der Waals surface area contributed by atoms with Crippen molar-refractivity contribution < 1.29 is 28.6 Å². The van der Waals surface area contributed by atoms with Gasteiger partial charge in [0.1, 0.15) is 13.2 Å². The number of ether oxygens (including phenoxy) is 3. The average Bonchev–Trinajstić information content (AvgIpc) is 3.40. The molecule has 0 aliphatic carbocycles. The summed E-state index contributed by atoms with van der Waals surface area (Å²) in [7, 11) is 0. The van der Waals surface area contributed by atoms with Crippen molar-refractivity contribution in [3.05, 3.63) is 85.1 Å². The Balaban J connectivity index is 4.29. The van der Waals surface area contributed by atoms with Gasteiger partial charge in [-0.2, -0.15) is 0 Å². The number of hydrogen-bond donors (Lipinski definition) is 0. The van der Waals surface area contributed by atoms with Crippen LogP contribution in [0.25, 0.3) is 0 Å². The third kappa shape index (κ3) is 59.5. The summed E-state index contributed by atoms with van der Waals surface area (Å²) in [6, 6.07) is 0. The highest BCUT2D eigenvalue weighted by atomic mass is 16.6. The summed E-state index contributed by atoms with van der Waals surface area (Å²) in [4.78, 5) is 38.2. The number of allylic oxidation sites excluding steroid dienone is 14. The van der Waals surface area contributed by atoms with Crippen LogP contribution in [-0.4, -0.2) is 37.2 Å². The zero-order valence-electron chi connectivity index (χ0n) is 48.8. The highest BCUT2D eigenvalue weighted by Gasteiger charge is 2.19. The number of carbonyl (C=O) groups is 3. The lowest BCUT2D eigenvalue weighted by atomic mass is 10.0. The van der Waals surface area contributed by atoms with Gasteiger partial charge in [-0.05, 0) is 89.9 Å². The second-order valence-corrected chi connectivity index (χ2v) is 20.9. The van der Waals surface area contributed by atoms with Crippen molar-refractivity contribution in [2.75, 3.05) is 13.2 Å². The molecule has 0 aromatic heterocycles. The van der Waals surface area contributed by atoms with Crippen LogP contribution in [-0.2, 0) is 28.6 Å². The van der Waals surface area contributed by atoms with Crippen molar-refractivity contribution in [1.29, 1.82) is 0 Å².